The van der Waals surface area contributed by atoms with Gasteiger partial charge in [0, 0.05) is 25.0 Å². The SMILES string of the molecule is CCN1CC2(CCNC2)CS1(=O)=O. The maximum Gasteiger partial charge on any atom is 0.214 e. The molecule has 0 radical (unpaired) electrons. The van der Waals surface area contributed by atoms with Crippen LogP contribution in [0.2, 0.25) is 0 Å². The molecule has 2 aliphatic heterocycles. The van der Waals surface area contributed by atoms with Gasteiger partial charge in [0.15, 0.2) is 0 Å². The molecule has 4 nitrogen and oxygen atoms in total. The quantitative estimate of drug-likeness (QED) is 0.634. The van der Waals surface area contributed by atoms with E-state index in [1.165, 1.54) is 0 Å². The Morgan fingerprint density at radius 1 is 1.54 bits per heavy atom. The molecule has 2 heterocycles. The third kappa shape index (κ3) is 1.49. The molecule has 1 unspecified atom stereocenters. The van der Waals surface area contributed by atoms with Crippen LogP contribution in [0.1, 0.15) is 13.3 Å². The minimum absolute atomic E-state index is 0.0227. The molecule has 0 aromatic rings. The molecule has 2 aliphatic rings. The predicted octanol–water partition coefficient (Wildman–Crippen LogP) is -0.369. The Bertz CT molecular complexity index is 293. The van der Waals surface area contributed by atoms with E-state index in [0.717, 1.165) is 26.1 Å². The van der Waals surface area contributed by atoms with Crippen LogP contribution in [-0.2, 0) is 10.0 Å². The summed E-state index contributed by atoms with van der Waals surface area (Å²) in [6.07, 6.45) is 1.00. The first-order chi connectivity index (χ1) is 6.08. The van der Waals surface area contributed by atoms with E-state index < -0.39 is 10.0 Å². The summed E-state index contributed by atoms with van der Waals surface area (Å²) in [7, 11) is -2.94. The molecular weight excluding hydrogens is 188 g/mol. The maximum absolute atomic E-state index is 11.7. The van der Waals surface area contributed by atoms with Gasteiger partial charge in [-0.25, -0.2) is 12.7 Å². The summed E-state index contributed by atoms with van der Waals surface area (Å²) in [6.45, 7) is 5.07. The molecule has 0 aliphatic carbocycles. The minimum atomic E-state index is -2.94. The third-order valence-corrected chi connectivity index (χ3v) is 5.23. The summed E-state index contributed by atoms with van der Waals surface area (Å²) in [5, 5.41) is 3.25. The van der Waals surface area contributed by atoms with Crippen molar-refractivity contribution >= 4 is 10.0 Å². The molecule has 5 heteroatoms. The zero-order chi connectivity index (χ0) is 9.53. The van der Waals surface area contributed by atoms with Gasteiger partial charge in [-0.15, -0.1) is 0 Å². The van der Waals surface area contributed by atoms with Crippen LogP contribution in [-0.4, -0.2) is 44.7 Å². The fourth-order valence-corrected chi connectivity index (χ4v) is 4.52. The van der Waals surface area contributed by atoms with Crippen LogP contribution in [0, 0.1) is 5.41 Å². The Morgan fingerprint density at radius 2 is 2.31 bits per heavy atom. The van der Waals surface area contributed by atoms with Crippen molar-refractivity contribution < 1.29 is 8.42 Å². The Hall–Kier alpha value is -0.130. The number of hydrogen-bond acceptors (Lipinski definition) is 3. The van der Waals surface area contributed by atoms with Crippen LogP contribution < -0.4 is 5.32 Å². The lowest BCUT2D eigenvalue weighted by atomic mass is 9.90. The highest BCUT2D eigenvalue weighted by Gasteiger charge is 2.48. The van der Waals surface area contributed by atoms with E-state index in [1.807, 2.05) is 6.92 Å². The highest BCUT2D eigenvalue weighted by molar-refractivity contribution is 7.89. The van der Waals surface area contributed by atoms with Crippen molar-refractivity contribution in [1.82, 2.24) is 9.62 Å². The Labute approximate surface area is 79.4 Å². The number of nitrogens with zero attached hydrogens (tertiary/aromatic N) is 1. The summed E-state index contributed by atoms with van der Waals surface area (Å²) in [4.78, 5) is 0. The van der Waals surface area contributed by atoms with Crippen molar-refractivity contribution in [2.75, 3.05) is 31.9 Å². The van der Waals surface area contributed by atoms with E-state index in [0.29, 0.717) is 12.3 Å². The lowest BCUT2D eigenvalue weighted by Crippen LogP contribution is -2.30. The number of nitrogens with one attached hydrogen (secondary N) is 1. The molecule has 0 aromatic heterocycles. The largest absolute Gasteiger partial charge is 0.316 e. The van der Waals surface area contributed by atoms with Crippen molar-refractivity contribution in [3.63, 3.8) is 0 Å². The second-order valence-corrected chi connectivity index (χ2v) is 6.08. The summed E-state index contributed by atoms with van der Waals surface area (Å²) in [5.74, 6) is 0.348. The summed E-state index contributed by atoms with van der Waals surface area (Å²) in [5.41, 5.74) is 0.0227. The van der Waals surface area contributed by atoms with Gasteiger partial charge >= 0.3 is 0 Å². The number of sulfonamides is 1. The molecule has 0 amide bonds. The van der Waals surface area contributed by atoms with Crippen LogP contribution in [0.3, 0.4) is 0 Å². The number of hydrogen-bond donors (Lipinski definition) is 1. The third-order valence-electron chi connectivity index (χ3n) is 3.08. The van der Waals surface area contributed by atoms with Gasteiger partial charge in [0.25, 0.3) is 0 Å². The molecule has 2 rings (SSSR count). The lowest BCUT2D eigenvalue weighted by molar-refractivity contribution is 0.313. The highest BCUT2D eigenvalue weighted by atomic mass is 32.2. The first-order valence-corrected chi connectivity index (χ1v) is 6.37. The van der Waals surface area contributed by atoms with Crippen LogP contribution >= 0.6 is 0 Å². The van der Waals surface area contributed by atoms with Crippen LogP contribution in [0.5, 0.6) is 0 Å². The molecule has 1 spiro atoms. The molecule has 1 atom stereocenters. The van der Waals surface area contributed by atoms with Gasteiger partial charge < -0.3 is 5.32 Å². The molecule has 13 heavy (non-hydrogen) atoms. The van der Waals surface area contributed by atoms with E-state index in [4.69, 9.17) is 0 Å². The Kier molecular flexibility index (Phi) is 2.13. The van der Waals surface area contributed by atoms with Crippen molar-refractivity contribution in [2.24, 2.45) is 5.41 Å². The normalized spacial score (nSPS) is 38.8. The van der Waals surface area contributed by atoms with Gasteiger partial charge in [0.05, 0.1) is 5.75 Å². The topological polar surface area (TPSA) is 49.4 Å². The summed E-state index contributed by atoms with van der Waals surface area (Å²) >= 11 is 0. The second kappa shape index (κ2) is 2.93. The molecule has 2 fully saturated rings. The van der Waals surface area contributed by atoms with Gasteiger partial charge in [0.1, 0.15) is 0 Å². The van der Waals surface area contributed by atoms with Crippen LogP contribution in [0.4, 0.5) is 0 Å². The Morgan fingerprint density at radius 3 is 2.77 bits per heavy atom. The zero-order valence-corrected chi connectivity index (χ0v) is 8.73. The van der Waals surface area contributed by atoms with E-state index in [2.05, 4.69) is 5.32 Å². The van der Waals surface area contributed by atoms with Gasteiger partial charge in [-0.3, -0.25) is 0 Å². The summed E-state index contributed by atoms with van der Waals surface area (Å²) < 4.78 is 24.9. The van der Waals surface area contributed by atoms with Gasteiger partial charge in [-0.1, -0.05) is 6.92 Å². The van der Waals surface area contributed by atoms with Crippen molar-refractivity contribution in [3.8, 4) is 0 Å². The van der Waals surface area contributed by atoms with E-state index in [-0.39, 0.29) is 5.41 Å². The van der Waals surface area contributed by atoms with Crippen LogP contribution in [0.25, 0.3) is 0 Å². The maximum atomic E-state index is 11.7. The molecule has 0 aromatic carbocycles. The van der Waals surface area contributed by atoms with E-state index in [9.17, 15) is 8.42 Å². The van der Waals surface area contributed by atoms with Gasteiger partial charge in [-0.05, 0) is 13.0 Å². The highest BCUT2D eigenvalue weighted by Crippen LogP contribution is 2.35. The lowest BCUT2D eigenvalue weighted by Gasteiger charge is -2.19. The van der Waals surface area contributed by atoms with Gasteiger partial charge in [0.2, 0.25) is 10.0 Å². The smallest absolute Gasteiger partial charge is 0.214 e. The second-order valence-electron chi connectivity index (χ2n) is 4.11. The zero-order valence-electron chi connectivity index (χ0n) is 7.91. The molecule has 0 bridgehead atoms. The Balaban J connectivity index is 2.22. The van der Waals surface area contributed by atoms with Crippen LogP contribution in [0.15, 0.2) is 0 Å². The molecule has 1 N–H and O–H groups in total. The fraction of sp³-hybridized carbons (Fsp3) is 1.00. The van der Waals surface area contributed by atoms with Crippen molar-refractivity contribution in [1.29, 1.82) is 0 Å². The van der Waals surface area contributed by atoms with E-state index >= 15 is 0 Å². The first kappa shape index (κ1) is 9.43. The standard InChI is InChI=1S/C8H16N2O2S/c1-2-10-6-8(3-4-9-5-8)7-13(10,11)12/h9H,2-7H2,1H3. The van der Waals surface area contributed by atoms with Crippen molar-refractivity contribution in [2.45, 2.75) is 13.3 Å². The predicted molar refractivity (Wildman–Crippen MR) is 51.0 cm³/mol. The average Bonchev–Trinajstić information content (AvgIpc) is 2.57. The monoisotopic (exact) mass is 204 g/mol. The average molecular weight is 204 g/mol. The molecule has 2 saturated heterocycles. The molecule has 0 saturated carbocycles. The fourth-order valence-electron chi connectivity index (χ4n) is 2.36. The van der Waals surface area contributed by atoms with E-state index in [1.54, 1.807) is 4.31 Å². The summed E-state index contributed by atoms with van der Waals surface area (Å²) in [6, 6.07) is 0. The molecular formula is C8H16N2O2S. The minimum Gasteiger partial charge on any atom is -0.316 e. The van der Waals surface area contributed by atoms with Crippen molar-refractivity contribution in [3.05, 3.63) is 0 Å². The molecule has 76 valence electrons. The van der Waals surface area contributed by atoms with Gasteiger partial charge in [-0.2, -0.15) is 0 Å². The number of rotatable bonds is 1. The first-order valence-electron chi connectivity index (χ1n) is 4.77.